The quantitative estimate of drug-likeness (QED) is 0.124. The third-order valence-electron chi connectivity index (χ3n) is 13.3. The van der Waals surface area contributed by atoms with Crippen molar-refractivity contribution in [3.05, 3.63) is 136 Å². The molecular formula is C47H40Cl2N4O7. The average molecular weight is 844 g/mol. The van der Waals surface area contributed by atoms with Crippen LogP contribution in [-0.4, -0.2) is 67.2 Å². The monoisotopic (exact) mass is 842 g/mol. The van der Waals surface area contributed by atoms with Crippen molar-refractivity contribution in [1.29, 1.82) is 0 Å². The number of methoxy groups -OCH3 is 1. The third kappa shape index (κ3) is 5.73. The van der Waals surface area contributed by atoms with Crippen LogP contribution < -0.4 is 20.0 Å². The Labute approximate surface area is 356 Å². The summed E-state index contributed by atoms with van der Waals surface area (Å²) in [5, 5.41) is 15.2. The fourth-order valence-electron chi connectivity index (χ4n) is 10.6. The lowest BCUT2D eigenvalue weighted by Gasteiger charge is -2.51. The van der Waals surface area contributed by atoms with E-state index in [1.807, 2.05) is 60.7 Å². The van der Waals surface area contributed by atoms with Crippen molar-refractivity contribution < 1.29 is 33.8 Å². The number of halogens is 2. The van der Waals surface area contributed by atoms with Gasteiger partial charge in [0.2, 0.25) is 11.8 Å². The SMILES string of the molecule is COc1ccc(C23C(=O)N(Nc4ccc(Cl)cc4Cl)C(=O)C2CC2C(=CCC4C(=O)N(c5ccc(N6CCOCC6)cc5)C(=O)C42)C3c2c(O)ccc3ccccc23)cc1. The van der Waals surface area contributed by atoms with E-state index in [0.29, 0.717) is 51.9 Å². The number of hydrogen-bond acceptors (Lipinski definition) is 9. The predicted octanol–water partition coefficient (Wildman–Crippen LogP) is 7.89. The molecule has 2 aliphatic carbocycles. The van der Waals surface area contributed by atoms with Gasteiger partial charge in [-0.05, 0) is 95.8 Å². The third-order valence-corrected chi connectivity index (χ3v) is 13.8. The summed E-state index contributed by atoms with van der Waals surface area (Å²) in [7, 11) is 1.55. The molecule has 3 aliphatic heterocycles. The summed E-state index contributed by atoms with van der Waals surface area (Å²) in [5.74, 6) is -5.37. The van der Waals surface area contributed by atoms with Crippen LogP contribution in [0.25, 0.3) is 10.8 Å². The van der Waals surface area contributed by atoms with Crippen molar-refractivity contribution in [2.45, 2.75) is 24.2 Å². The summed E-state index contributed by atoms with van der Waals surface area (Å²) in [5.41, 5.74) is 4.87. The van der Waals surface area contributed by atoms with Gasteiger partial charge in [0.15, 0.2) is 0 Å². The number of hydrazine groups is 1. The molecule has 5 aromatic carbocycles. The van der Waals surface area contributed by atoms with E-state index in [1.54, 1.807) is 49.6 Å². The molecule has 3 saturated heterocycles. The number of phenols is 1. The second-order valence-electron chi connectivity index (χ2n) is 16.1. The average Bonchev–Trinajstić information content (AvgIpc) is 3.65. The number of imide groups is 2. The van der Waals surface area contributed by atoms with Gasteiger partial charge in [-0.1, -0.05) is 77.3 Å². The zero-order chi connectivity index (χ0) is 41.4. The maximum Gasteiger partial charge on any atom is 0.260 e. The molecule has 60 heavy (non-hydrogen) atoms. The second kappa shape index (κ2) is 14.7. The Morgan fingerprint density at radius 2 is 1.55 bits per heavy atom. The molecule has 0 spiro atoms. The molecule has 0 radical (unpaired) electrons. The van der Waals surface area contributed by atoms with Gasteiger partial charge in [-0.25, -0.2) is 0 Å². The van der Waals surface area contributed by atoms with Crippen molar-refractivity contribution in [3.8, 4) is 11.5 Å². The zero-order valence-corrected chi connectivity index (χ0v) is 34.0. The highest BCUT2D eigenvalue weighted by molar-refractivity contribution is 6.36. The molecule has 4 fully saturated rings. The van der Waals surface area contributed by atoms with Crippen LogP contribution in [0.5, 0.6) is 11.5 Å². The van der Waals surface area contributed by atoms with Crippen molar-refractivity contribution in [2.24, 2.45) is 23.7 Å². The number of amides is 4. The summed E-state index contributed by atoms with van der Waals surface area (Å²) >= 11 is 12.9. The maximum absolute atomic E-state index is 15.7. The normalized spacial score (nSPS) is 26.2. The Bertz CT molecular complexity index is 2630. The van der Waals surface area contributed by atoms with Gasteiger partial charge in [0.1, 0.15) is 11.5 Å². The number of fused-ring (bicyclic) bond motifs is 5. The summed E-state index contributed by atoms with van der Waals surface area (Å²) in [6.07, 6.45) is 2.31. The minimum absolute atomic E-state index is 0.0581. The molecule has 6 atom stereocenters. The minimum Gasteiger partial charge on any atom is -0.508 e. The number of rotatable bonds is 7. The number of nitrogens with zero attached hydrogens (tertiary/aromatic N) is 3. The van der Waals surface area contributed by atoms with E-state index in [4.69, 9.17) is 32.7 Å². The van der Waals surface area contributed by atoms with Crippen LogP contribution >= 0.6 is 23.2 Å². The van der Waals surface area contributed by atoms with Gasteiger partial charge in [-0.2, -0.15) is 5.01 Å². The van der Waals surface area contributed by atoms with Gasteiger partial charge in [-0.3, -0.25) is 29.5 Å². The highest BCUT2D eigenvalue weighted by Gasteiger charge is 2.71. The van der Waals surface area contributed by atoms with Crippen molar-refractivity contribution >= 4 is 74.7 Å². The number of nitrogens with one attached hydrogen (secondary N) is 1. The fraction of sp³-hybridized carbons (Fsp3) is 0.277. The predicted molar refractivity (Wildman–Crippen MR) is 228 cm³/mol. The first kappa shape index (κ1) is 38.3. The lowest BCUT2D eigenvalue weighted by atomic mass is 9.48. The smallest absolute Gasteiger partial charge is 0.260 e. The van der Waals surface area contributed by atoms with Crippen molar-refractivity contribution in [3.63, 3.8) is 0 Å². The number of aromatic hydroxyl groups is 1. The number of anilines is 3. The van der Waals surface area contributed by atoms with Crippen LogP contribution in [-0.2, 0) is 29.3 Å². The number of hydrogen-bond donors (Lipinski definition) is 2. The highest BCUT2D eigenvalue weighted by Crippen LogP contribution is 2.65. The molecule has 11 nitrogen and oxygen atoms in total. The molecule has 5 aliphatic rings. The van der Waals surface area contributed by atoms with Gasteiger partial charge < -0.3 is 19.5 Å². The van der Waals surface area contributed by atoms with Crippen molar-refractivity contribution in [1.82, 2.24) is 5.01 Å². The van der Waals surface area contributed by atoms with E-state index >= 15 is 9.59 Å². The topological polar surface area (TPSA) is 129 Å². The highest BCUT2D eigenvalue weighted by atomic mass is 35.5. The van der Waals surface area contributed by atoms with Crippen LogP contribution in [0, 0.1) is 23.7 Å². The van der Waals surface area contributed by atoms with E-state index < -0.39 is 46.8 Å². The van der Waals surface area contributed by atoms with Crippen LogP contribution in [0.3, 0.4) is 0 Å². The molecule has 13 heteroatoms. The van der Waals surface area contributed by atoms with E-state index in [9.17, 15) is 14.7 Å². The number of allylic oxidation sites excluding steroid dienone is 2. The number of morpholine rings is 1. The second-order valence-corrected chi connectivity index (χ2v) is 16.9. The van der Waals surface area contributed by atoms with E-state index in [-0.39, 0.29) is 35.4 Å². The zero-order valence-electron chi connectivity index (χ0n) is 32.5. The Morgan fingerprint density at radius 1 is 0.817 bits per heavy atom. The summed E-state index contributed by atoms with van der Waals surface area (Å²) in [6, 6.07) is 30.3. The largest absolute Gasteiger partial charge is 0.508 e. The number of carbonyl (C=O) groups excluding carboxylic acids is 4. The van der Waals surface area contributed by atoms with Gasteiger partial charge in [0.05, 0.1) is 59.9 Å². The standard InChI is InChI=1S/C47H40Cl2N4O7/c1-59-31-14-7-27(8-15-31)47-36(44(56)53(46(47)58)50-38-18-9-28(48)24-37(38)49)25-35-33(42(47)41-32-5-3-2-4-26(32)6-19-39(41)54)16-17-34-40(35)45(57)52(43(34)55)30-12-10-29(11-13-30)51-20-22-60-23-21-51/h2-16,18-19,24,34-36,40,42,50,54H,17,20-23,25H2,1H3. The van der Waals surface area contributed by atoms with Gasteiger partial charge in [0, 0.05) is 35.3 Å². The summed E-state index contributed by atoms with van der Waals surface area (Å²) < 4.78 is 11.0. The Kier molecular flexibility index (Phi) is 9.38. The fourth-order valence-corrected chi connectivity index (χ4v) is 11.1. The molecule has 2 N–H and O–H groups in total. The minimum atomic E-state index is -1.63. The van der Waals surface area contributed by atoms with Crippen LogP contribution in [0.2, 0.25) is 10.0 Å². The summed E-state index contributed by atoms with van der Waals surface area (Å²) in [4.78, 5) is 63.8. The van der Waals surface area contributed by atoms with E-state index in [2.05, 4.69) is 10.3 Å². The first-order valence-corrected chi connectivity index (χ1v) is 20.8. The van der Waals surface area contributed by atoms with E-state index in [1.165, 1.54) is 11.0 Å². The van der Waals surface area contributed by atoms with Crippen LogP contribution in [0.15, 0.2) is 115 Å². The molecular weight excluding hydrogens is 803 g/mol. The Hall–Kier alpha value is -5.88. The molecule has 0 aromatic heterocycles. The molecule has 0 bridgehead atoms. The summed E-state index contributed by atoms with van der Waals surface area (Å²) in [6.45, 7) is 2.74. The molecule has 1 saturated carbocycles. The van der Waals surface area contributed by atoms with Gasteiger partial charge in [-0.15, -0.1) is 0 Å². The Balaban J connectivity index is 1.14. The van der Waals surface area contributed by atoms with Crippen molar-refractivity contribution in [2.75, 3.05) is 48.6 Å². The first-order valence-electron chi connectivity index (χ1n) is 20.1. The molecule has 5 aromatic rings. The molecule has 10 rings (SSSR count). The number of phenolic OH excluding ortho intramolecular Hbond substituents is 1. The van der Waals surface area contributed by atoms with Crippen LogP contribution in [0.4, 0.5) is 17.1 Å². The first-order chi connectivity index (χ1) is 29.1. The molecule has 3 heterocycles. The number of carbonyl (C=O) groups is 4. The number of ether oxygens (including phenoxy) is 2. The van der Waals surface area contributed by atoms with Crippen LogP contribution in [0.1, 0.15) is 29.9 Å². The maximum atomic E-state index is 15.7. The Morgan fingerprint density at radius 3 is 2.28 bits per heavy atom. The van der Waals surface area contributed by atoms with Gasteiger partial charge in [0.25, 0.3) is 11.8 Å². The number of benzene rings is 5. The molecule has 4 amide bonds. The lowest BCUT2D eigenvalue weighted by Crippen LogP contribution is -2.53. The van der Waals surface area contributed by atoms with Gasteiger partial charge >= 0.3 is 0 Å². The lowest BCUT2D eigenvalue weighted by molar-refractivity contribution is -0.138. The molecule has 6 unspecified atom stereocenters. The van der Waals surface area contributed by atoms with E-state index in [0.717, 1.165) is 34.7 Å². The molecule has 304 valence electrons.